The van der Waals surface area contributed by atoms with Crippen molar-refractivity contribution in [2.45, 2.75) is 0 Å². The van der Waals surface area contributed by atoms with Gasteiger partial charge in [-0.15, -0.1) is 0 Å². The Labute approximate surface area is 307 Å². The van der Waals surface area contributed by atoms with E-state index in [0.717, 1.165) is 71.3 Å². The van der Waals surface area contributed by atoms with Crippen LogP contribution in [0.15, 0.2) is 187 Å². The summed E-state index contributed by atoms with van der Waals surface area (Å²) in [6.45, 7) is 8.87. The minimum Gasteiger partial charge on any atom is -0.455 e. The molecule has 1 nitrogen and oxygen atoms in total. The Hall–Kier alpha value is -6.96. The van der Waals surface area contributed by atoms with Crippen LogP contribution in [-0.2, 0) is 0 Å². The van der Waals surface area contributed by atoms with Crippen LogP contribution in [0.25, 0.3) is 111 Å². The van der Waals surface area contributed by atoms with Crippen LogP contribution < -0.4 is 10.4 Å². The van der Waals surface area contributed by atoms with Crippen molar-refractivity contribution < 1.29 is 4.42 Å². The molecule has 0 aliphatic rings. The van der Waals surface area contributed by atoms with Gasteiger partial charge in [0.1, 0.15) is 11.2 Å². The van der Waals surface area contributed by atoms with Crippen LogP contribution in [0.5, 0.6) is 0 Å². The zero-order chi connectivity index (χ0) is 35.5. The first-order valence-electron chi connectivity index (χ1n) is 18.1. The van der Waals surface area contributed by atoms with Gasteiger partial charge in [0, 0.05) is 16.3 Å². The van der Waals surface area contributed by atoms with Crippen molar-refractivity contribution in [2.75, 3.05) is 0 Å². The van der Waals surface area contributed by atoms with E-state index >= 15 is 0 Å². The molecule has 1 heterocycles. The van der Waals surface area contributed by atoms with Crippen molar-refractivity contribution in [3.8, 4) is 44.5 Å². The fraction of sp³-hybridized carbons (Fsp3) is 0. The van der Waals surface area contributed by atoms with E-state index in [1.807, 2.05) is 18.2 Å². The van der Waals surface area contributed by atoms with Crippen LogP contribution in [-0.4, -0.2) is 0 Å². The van der Waals surface area contributed by atoms with Crippen molar-refractivity contribution in [2.24, 2.45) is 0 Å². The molecule has 9 aromatic carbocycles. The number of hydrogen-bond donors (Lipinski definition) is 0. The summed E-state index contributed by atoms with van der Waals surface area (Å²) in [6.07, 6.45) is 4.00. The second-order valence-corrected chi connectivity index (χ2v) is 13.7. The molecule has 0 fully saturated rings. The fourth-order valence-corrected chi connectivity index (χ4v) is 8.39. The van der Waals surface area contributed by atoms with Crippen LogP contribution in [0, 0.1) is 0 Å². The van der Waals surface area contributed by atoms with Crippen molar-refractivity contribution in [1.29, 1.82) is 0 Å². The third-order valence-corrected chi connectivity index (χ3v) is 10.8. The predicted molar refractivity (Wildman–Crippen MR) is 227 cm³/mol. The first kappa shape index (κ1) is 30.8. The molecule has 1 heteroatoms. The highest BCUT2D eigenvalue weighted by molar-refractivity contribution is 6.14. The normalized spacial score (nSPS) is 12.0. The number of allylic oxidation sites excluding steroid dienone is 1. The van der Waals surface area contributed by atoms with Crippen molar-refractivity contribution in [1.82, 2.24) is 0 Å². The summed E-state index contributed by atoms with van der Waals surface area (Å²) in [6, 6.07) is 60.9. The van der Waals surface area contributed by atoms with Crippen LogP contribution in [0.1, 0.15) is 0 Å². The molecule has 0 N–H and O–H groups in total. The van der Waals surface area contributed by atoms with E-state index in [2.05, 4.69) is 170 Å². The molecule has 0 unspecified atom stereocenters. The smallest absolute Gasteiger partial charge is 0.143 e. The first-order valence-corrected chi connectivity index (χ1v) is 18.1. The molecule has 0 bridgehead atoms. The number of fused-ring (bicyclic) bond motifs is 6. The van der Waals surface area contributed by atoms with Gasteiger partial charge in [-0.05, 0) is 99.9 Å². The highest BCUT2D eigenvalue weighted by atomic mass is 16.3. The highest BCUT2D eigenvalue weighted by Gasteiger charge is 2.18. The Morgan fingerprint density at radius 2 is 1.02 bits per heavy atom. The molecule has 0 aliphatic heterocycles. The van der Waals surface area contributed by atoms with E-state index in [9.17, 15) is 0 Å². The van der Waals surface area contributed by atoms with Gasteiger partial charge in [-0.25, -0.2) is 0 Å². The molecule has 0 saturated heterocycles. The lowest BCUT2D eigenvalue weighted by Gasteiger charge is -2.17. The maximum Gasteiger partial charge on any atom is 0.143 e. The zero-order valence-electron chi connectivity index (χ0n) is 29.1. The maximum absolute atomic E-state index is 6.48. The lowest BCUT2D eigenvalue weighted by atomic mass is 9.86. The molecule has 0 spiro atoms. The summed E-state index contributed by atoms with van der Waals surface area (Å²) in [5, 5.41) is 11.5. The van der Waals surface area contributed by atoms with E-state index in [4.69, 9.17) is 11.0 Å². The fourth-order valence-electron chi connectivity index (χ4n) is 8.39. The summed E-state index contributed by atoms with van der Waals surface area (Å²) in [5.74, 6) is 0. The van der Waals surface area contributed by atoms with Crippen LogP contribution >= 0.6 is 0 Å². The van der Waals surface area contributed by atoms with Crippen LogP contribution in [0.3, 0.4) is 0 Å². The maximum atomic E-state index is 6.48. The van der Waals surface area contributed by atoms with Gasteiger partial charge in [0.05, 0.1) is 0 Å². The minimum absolute atomic E-state index is 0.906. The minimum atomic E-state index is 0.906. The molecule has 10 aromatic rings. The molecule has 0 saturated carbocycles. The number of hydrogen-bond acceptors (Lipinski definition) is 1. The largest absolute Gasteiger partial charge is 0.455 e. The van der Waals surface area contributed by atoms with Crippen molar-refractivity contribution >= 4 is 66.9 Å². The number of benzene rings is 9. The second kappa shape index (κ2) is 12.4. The highest BCUT2D eigenvalue weighted by Crippen LogP contribution is 2.42. The van der Waals surface area contributed by atoms with Gasteiger partial charge >= 0.3 is 0 Å². The van der Waals surface area contributed by atoms with Crippen molar-refractivity contribution in [3.05, 3.63) is 193 Å². The second-order valence-electron chi connectivity index (χ2n) is 13.7. The van der Waals surface area contributed by atoms with Gasteiger partial charge in [0.2, 0.25) is 0 Å². The lowest BCUT2D eigenvalue weighted by molar-refractivity contribution is 0.670. The monoisotopic (exact) mass is 674 g/mol. The van der Waals surface area contributed by atoms with Gasteiger partial charge in [0.15, 0.2) is 0 Å². The number of para-hydroxylation sites is 2. The molecule has 0 atom stereocenters. The predicted octanol–water partition coefficient (Wildman–Crippen LogP) is 13.1. The molecule has 53 heavy (non-hydrogen) atoms. The summed E-state index contributed by atoms with van der Waals surface area (Å²) in [4.78, 5) is 0. The zero-order valence-corrected chi connectivity index (χ0v) is 29.1. The molecular weight excluding hydrogens is 641 g/mol. The molecular formula is C52H34O. The van der Waals surface area contributed by atoms with Gasteiger partial charge in [-0.2, -0.15) is 0 Å². The summed E-state index contributed by atoms with van der Waals surface area (Å²) in [7, 11) is 0. The standard InChI is InChI=1S/C52H34O/c1-3-14-39-33(2)50(38-28-27-34-15-4-5-16-35(34)31-38)45-22-8-9-23-46(45)51(39)37-18-12-17-36(32-37)40-29-30-43(42-20-7-6-19-41(40)42)47-24-13-25-48-44-21-10-11-26-49(44)53-52(47)48/h3-32H,1-2H2/b39-14+. The molecule has 1 aromatic heterocycles. The number of furan rings is 1. The molecule has 0 aliphatic carbocycles. The van der Waals surface area contributed by atoms with E-state index in [1.165, 1.54) is 37.9 Å². The van der Waals surface area contributed by atoms with Crippen molar-refractivity contribution in [3.63, 3.8) is 0 Å². The van der Waals surface area contributed by atoms with Gasteiger partial charge in [-0.1, -0.05) is 177 Å². The first-order chi connectivity index (χ1) is 26.2. The van der Waals surface area contributed by atoms with E-state index < -0.39 is 0 Å². The lowest BCUT2D eigenvalue weighted by Crippen LogP contribution is -2.28. The Balaban J connectivity index is 1.17. The topological polar surface area (TPSA) is 13.1 Å². The van der Waals surface area contributed by atoms with E-state index in [0.29, 0.717) is 0 Å². The Morgan fingerprint density at radius 3 is 1.83 bits per heavy atom. The summed E-state index contributed by atoms with van der Waals surface area (Å²) < 4.78 is 6.48. The van der Waals surface area contributed by atoms with Gasteiger partial charge < -0.3 is 4.42 Å². The third-order valence-electron chi connectivity index (χ3n) is 10.8. The van der Waals surface area contributed by atoms with Crippen LogP contribution in [0.4, 0.5) is 0 Å². The average molecular weight is 675 g/mol. The van der Waals surface area contributed by atoms with E-state index in [-0.39, 0.29) is 0 Å². The molecule has 0 amide bonds. The third kappa shape index (κ3) is 4.93. The quantitative estimate of drug-likeness (QED) is 0.177. The number of rotatable bonds is 5. The van der Waals surface area contributed by atoms with Crippen LogP contribution in [0.2, 0.25) is 0 Å². The Bertz CT molecular complexity index is 3210. The Kier molecular flexibility index (Phi) is 7.19. The summed E-state index contributed by atoms with van der Waals surface area (Å²) >= 11 is 0. The SMILES string of the molecule is C=C/C=c1/c(-c2cccc(-c3ccc(-c4cccc5c4oc4ccccc45)c4ccccc34)c2)c2ccccc2c(-c2ccc3ccccc3c2)c1=C. The van der Waals surface area contributed by atoms with E-state index in [1.54, 1.807) is 0 Å². The van der Waals surface area contributed by atoms with Gasteiger partial charge in [0.25, 0.3) is 0 Å². The Morgan fingerprint density at radius 1 is 0.415 bits per heavy atom. The molecule has 0 radical (unpaired) electrons. The summed E-state index contributed by atoms with van der Waals surface area (Å²) in [5.41, 5.74) is 11.0. The molecule has 248 valence electrons. The average Bonchev–Trinajstić information content (AvgIpc) is 3.60. The molecule has 10 rings (SSSR count). The van der Waals surface area contributed by atoms with Gasteiger partial charge in [-0.3, -0.25) is 0 Å².